The van der Waals surface area contributed by atoms with Crippen molar-refractivity contribution in [2.24, 2.45) is 0 Å². The summed E-state index contributed by atoms with van der Waals surface area (Å²) in [5.41, 5.74) is 14.9. The third kappa shape index (κ3) is 4.43. The van der Waals surface area contributed by atoms with Crippen molar-refractivity contribution in [3.63, 3.8) is 0 Å². The first-order chi connectivity index (χ1) is 25.1. The lowest BCUT2D eigenvalue weighted by Crippen LogP contribution is -2.16. The Morgan fingerprint density at radius 2 is 1.02 bits per heavy atom. The number of anilines is 3. The quantitative estimate of drug-likeness (QED) is 0.184. The number of para-hydroxylation sites is 3. The molecule has 1 aliphatic carbocycles. The maximum Gasteiger partial charge on any atom is 0.159 e. The van der Waals surface area contributed by atoms with Crippen LogP contribution >= 0.6 is 0 Å². The van der Waals surface area contributed by atoms with Gasteiger partial charge in [-0.1, -0.05) is 166 Å². The second-order valence-corrected chi connectivity index (χ2v) is 14.1. The number of benzene rings is 8. The molecular formula is C49H35NO. The van der Waals surface area contributed by atoms with Crippen molar-refractivity contribution < 1.29 is 4.42 Å². The first-order valence-corrected chi connectivity index (χ1v) is 17.7. The zero-order valence-electron chi connectivity index (χ0n) is 28.6. The number of fused-ring (bicyclic) bond motifs is 7. The third-order valence-electron chi connectivity index (χ3n) is 10.9. The topological polar surface area (TPSA) is 16.4 Å². The van der Waals surface area contributed by atoms with Gasteiger partial charge in [-0.2, -0.15) is 0 Å². The van der Waals surface area contributed by atoms with Gasteiger partial charge in [0, 0.05) is 27.3 Å². The lowest BCUT2D eigenvalue weighted by molar-refractivity contribution is 0.660. The minimum absolute atomic E-state index is 0.140. The van der Waals surface area contributed by atoms with Gasteiger partial charge in [-0.05, 0) is 68.4 Å². The van der Waals surface area contributed by atoms with Crippen LogP contribution in [0, 0.1) is 0 Å². The van der Waals surface area contributed by atoms with Gasteiger partial charge in [-0.25, -0.2) is 0 Å². The Labute approximate surface area is 297 Å². The van der Waals surface area contributed by atoms with Gasteiger partial charge in [0.25, 0.3) is 0 Å². The van der Waals surface area contributed by atoms with Crippen LogP contribution in [0.3, 0.4) is 0 Å². The van der Waals surface area contributed by atoms with Gasteiger partial charge in [0.2, 0.25) is 0 Å². The van der Waals surface area contributed by atoms with Gasteiger partial charge in [-0.3, -0.25) is 0 Å². The smallest absolute Gasteiger partial charge is 0.159 e. The molecule has 0 radical (unpaired) electrons. The zero-order chi connectivity index (χ0) is 34.1. The average Bonchev–Trinajstić information content (AvgIpc) is 3.68. The molecule has 242 valence electrons. The molecule has 0 N–H and O–H groups in total. The Balaban J connectivity index is 1.32. The Hall–Kier alpha value is -6.38. The first kappa shape index (κ1) is 29.5. The molecule has 51 heavy (non-hydrogen) atoms. The fraction of sp³-hybridized carbons (Fsp3) is 0.0612. The molecule has 0 aliphatic heterocycles. The van der Waals surface area contributed by atoms with Gasteiger partial charge in [0.1, 0.15) is 5.58 Å². The fourth-order valence-corrected chi connectivity index (χ4v) is 8.54. The van der Waals surface area contributed by atoms with E-state index < -0.39 is 0 Å². The second kappa shape index (κ2) is 11.3. The van der Waals surface area contributed by atoms with Crippen LogP contribution < -0.4 is 4.90 Å². The molecule has 1 heterocycles. The highest BCUT2D eigenvalue weighted by atomic mass is 16.3. The summed E-state index contributed by atoms with van der Waals surface area (Å²) in [6.07, 6.45) is 0. The minimum Gasteiger partial charge on any atom is -0.454 e. The van der Waals surface area contributed by atoms with Crippen LogP contribution in [0.2, 0.25) is 0 Å². The molecule has 1 aromatic heterocycles. The van der Waals surface area contributed by atoms with Gasteiger partial charge in [0.05, 0.1) is 17.1 Å². The number of rotatable bonds is 5. The second-order valence-electron chi connectivity index (χ2n) is 14.1. The van der Waals surface area contributed by atoms with Crippen LogP contribution in [0.15, 0.2) is 180 Å². The molecule has 2 heteroatoms. The van der Waals surface area contributed by atoms with Crippen molar-refractivity contribution in [1.82, 2.24) is 0 Å². The lowest BCUT2D eigenvalue weighted by Gasteiger charge is -2.31. The Bertz CT molecular complexity index is 2780. The largest absolute Gasteiger partial charge is 0.454 e. The molecule has 0 atom stereocenters. The molecule has 0 amide bonds. The summed E-state index contributed by atoms with van der Waals surface area (Å²) in [6.45, 7) is 4.70. The number of furan rings is 1. The molecule has 0 unspecified atom stereocenters. The van der Waals surface area contributed by atoms with Crippen LogP contribution in [0.5, 0.6) is 0 Å². The summed E-state index contributed by atoms with van der Waals surface area (Å²) in [6, 6.07) is 63.6. The van der Waals surface area contributed by atoms with Gasteiger partial charge in [0.15, 0.2) is 5.58 Å². The van der Waals surface area contributed by atoms with Crippen LogP contribution in [0.25, 0.3) is 66.1 Å². The fourth-order valence-electron chi connectivity index (χ4n) is 8.54. The van der Waals surface area contributed by atoms with E-state index in [4.69, 9.17) is 4.42 Å². The number of hydrogen-bond donors (Lipinski definition) is 0. The van der Waals surface area contributed by atoms with Crippen LogP contribution in [-0.2, 0) is 5.41 Å². The summed E-state index contributed by atoms with van der Waals surface area (Å²) in [5.74, 6) is 0. The van der Waals surface area contributed by atoms with Crippen LogP contribution in [0.4, 0.5) is 17.1 Å². The number of hydrogen-bond acceptors (Lipinski definition) is 2. The third-order valence-corrected chi connectivity index (χ3v) is 10.9. The summed E-state index contributed by atoms with van der Waals surface area (Å²) in [5, 5.41) is 4.68. The molecule has 0 bridgehead atoms. The molecule has 1 aliphatic rings. The molecule has 8 aromatic carbocycles. The maximum absolute atomic E-state index is 6.79. The van der Waals surface area contributed by atoms with Crippen LogP contribution in [-0.4, -0.2) is 0 Å². The van der Waals surface area contributed by atoms with Crippen molar-refractivity contribution in [2.75, 3.05) is 4.90 Å². The van der Waals surface area contributed by atoms with Crippen molar-refractivity contribution in [1.29, 1.82) is 0 Å². The Kier molecular flexibility index (Phi) is 6.56. The van der Waals surface area contributed by atoms with Crippen molar-refractivity contribution in [3.8, 4) is 33.4 Å². The first-order valence-electron chi connectivity index (χ1n) is 17.7. The van der Waals surface area contributed by atoms with E-state index in [1.54, 1.807) is 0 Å². The van der Waals surface area contributed by atoms with E-state index in [9.17, 15) is 0 Å². The van der Waals surface area contributed by atoms with Gasteiger partial charge in [-0.15, -0.1) is 0 Å². The van der Waals surface area contributed by atoms with E-state index in [2.05, 4.69) is 189 Å². The zero-order valence-corrected chi connectivity index (χ0v) is 28.6. The number of nitrogens with zero attached hydrogens (tertiary/aromatic N) is 1. The average molecular weight is 654 g/mol. The van der Waals surface area contributed by atoms with E-state index in [0.29, 0.717) is 0 Å². The summed E-state index contributed by atoms with van der Waals surface area (Å²) in [4.78, 5) is 2.46. The monoisotopic (exact) mass is 653 g/mol. The van der Waals surface area contributed by atoms with E-state index in [1.807, 2.05) is 6.07 Å². The normalized spacial score (nSPS) is 13.1. The Morgan fingerprint density at radius 3 is 1.88 bits per heavy atom. The van der Waals surface area contributed by atoms with Gasteiger partial charge < -0.3 is 9.32 Å². The van der Waals surface area contributed by atoms with Gasteiger partial charge >= 0.3 is 0 Å². The van der Waals surface area contributed by atoms with Crippen molar-refractivity contribution in [3.05, 3.63) is 187 Å². The predicted octanol–water partition coefficient (Wildman–Crippen LogP) is 13.8. The van der Waals surface area contributed by atoms with E-state index in [0.717, 1.165) is 44.6 Å². The van der Waals surface area contributed by atoms with Crippen LogP contribution in [0.1, 0.15) is 25.0 Å². The Morgan fingerprint density at radius 1 is 0.431 bits per heavy atom. The van der Waals surface area contributed by atoms with Crippen molar-refractivity contribution >= 4 is 49.8 Å². The standard InChI is InChI=1S/C49H35NO/c1-49(2)40-26-9-6-22-39(40)47-41(49)27-15-29-43(47)50(44-30-14-25-38-36-21-8-11-31-45(36)51-48(38)44)42-28-10-7-20-35(42)37-24-13-19-33-18-12-23-34(46(33)37)32-16-4-3-5-17-32/h3-31H,1-2H3. The predicted molar refractivity (Wildman–Crippen MR) is 214 cm³/mol. The molecule has 2 nitrogen and oxygen atoms in total. The SMILES string of the molecule is CC1(C)c2ccccc2-c2c(N(c3ccccc3-c3cccc4cccc(-c5ccccc5)c34)c3cccc4c3oc3ccccc34)cccc21. The highest BCUT2D eigenvalue weighted by Crippen LogP contribution is 2.56. The van der Waals surface area contributed by atoms with Crippen molar-refractivity contribution in [2.45, 2.75) is 19.3 Å². The molecular weight excluding hydrogens is 619 g/mol. The molecule has 0 fully saturated rings. The summed E-state index contributed by atoms with van der Waals surface area (Å²) < 4.78 is 6.79. The van der Waals surface area contributed by atoms with E-state index in [-0.39, 0.29) is 5.41 Å². The molecule has 0 saturated carbocycles. The lowest BCUT2D eigenvalue weighted by atomic mass is 9.82. The highest BCUT2D eigenvalue weighted by molar-refractivity contribution is 6.13. The van der Waals surface area contributed by atoms with E-state index >= 15 is 0 Å². The molecule has 10 rings (SSSR count). The van der Waals surface area contributed by atoms with E-state index in [1.165, 1.54) is 49.7 Å². The minimum atomic E-state index is -0.140. The molecule has 9 aromatic rings. The summed E-state index contributed by atoms with van der Waals surface area (Å²) >= 11 is 0. The summed E-state index contributed by atoms with van der Waals surface area (Å²) in [7, 11) is 0. The molecule has 0 spiro atoms. The maximum atomic E-state index is 6.79. The highest BCUT2D eigenvalue weighted by Gasteiger charge is 2.38. The molecule has 0 saturated heterocycles.